The molecule has 5 heteroatoms. The average molecular weight is 195 g/mol. The summed E-state index contributed by atoms with van der Waals surface area (Å²) in [6, 6.07) is 0.628. The van der Waals surface area contributed by atoms with Crippen LogP contribution in [0.5, 0.6) is 0 Å². The van der Waals surface area contributed by atoms with Crippen LogP contribution in [0.3, 0.4) is 0 Å². The zero-order valence-electron chi connectivity index (χ0n) is 7.97. The van der Waals surface area contributed by atoms with E-state index in [4.69, 9.17) is 9.52 Å². The van der Waals surface area contributed by atoms with Crippen LogP contribution in [0, 0.1) is 12.8 Å². The Labute approximate surface area is 81.8 Å². The summed E-state index contributed by atoms with van der Waals surface area (Å²) in [6.45, 7) is 1.94. The van der Waals surface area contributed by atoms with Gasteiger partial charge in [-0.3, -0.25) is 0 Å². The second-order valence-corrected chi connectivity index (χ2v) is 3.44. The van der Waals surface area contributed by atoms with Gasteiger partial charge in [-0.1, -0.05) is 17.3 Å². The molecule has 76 valence electrons. The van der Waals surface area contributed by atoms with Crippen molar-refractivity contribution in [2.24, 2.45) is 5.92 Å². The molecule has 0 spiro atoms. The maximum Gasteiger partial charge on any atom is 0.315 e. The number of aliphatic hydroxyl groups excluding tert-OH is 1. The molecule has 1 heterocycles. The third kappa shape index (κ3) is 1.93. The van der Waals surface area contributed by atoms with E-state index in [9.17, 15) is 0 Å². The molecular weight excluding hydrogens is 182 g/mol. The van der Waals surface area contributed by atoms with Crippen LogP contribution in [-0.4, -0.2) is 28.0 Å². The van der Waals surface area contributed by atoms with E-state index in [1.165, 1.54) is 0 Å². The Bertz CT molecular complexity index is 335. The van der Waals surface area contributed by atoms with E-state index in [1.807, 2.05) is 12.2 Å². The SMILES string of the molecule is Cc1nnc(N[C@@H]2C=C[C@H](CO)C2)o1. The fraction of sp³-hybridized carbons (Fsp3) is 0.556. The number of anilines is 1. The summed E-state index contributed by atoms with van der Waals surface area (Å²) in [5.74, 6) is 0.796. The summed E-state index contributed by atoms with van der Waals surface area (Å²) < 4.78 is 5.18. The normalized spacial score (nSPS) is 25.6. The van der Waals surface area contributed by atoms with Crippen molar-refractivity contribution in [2.75, 3.05) is 11.9 Å². The van der Waals surface area contributed by atoms with Gasteiger partial charge in [0.05, 0.1) is 0 Å². The first-order chi connectivity index (χ1) is 6.78. The van der Waals surface area contributed by atoms with E-state index in [-0.39, 0.29) is 18.6 Å². The molecule has 2 rings (SSSR count). The van der Waals surface area contributed by atoms with Gasteiger partial charge in [0.25, 0.3) is 0 Å². The molecule has 1 aromatic rings. The smallest absolute Gasteiger partial charge is 0.315 e. The summed E-state index contributed by atoms with van der Waals surface area (Å²) >= 11 is 0. The zero-order valence-corrected chi connectivity index (χ0v) is 7.97. The van der Waals surface area contributed by atoms with Crippen molar-refractivity contribution in [3.8, 4) is 0 Å². The molecule has 0 radical (unpaired) electrons. The van der Waals surface area contributed by atoms with Crippen molar-refractivity contribution < 1.29 is 9.52 Å². The standard InChI is InChI=1S/C9H13N3O2/c1-6-11-12-9(14-6)10-8-3-2-7(4-8)5-13/h2-3,7-8,13H,4-5H2,1H3,(H,10,12)/t7-,8+/m0/s1. The molecule has 0 amide bonds. The number of rotatable bonds is 3. The van der Waals surface area contributed by atoms with Gasteiger partial charge in [0.2, 0.25) is 5.89 Å². The summed E-state index contributed by atoms with van der Waals surface area (Å²) in [7, 11) is 0. The number of aromatic nitrogens is 2. The maximum absolute atomic E-state index is 8.92. The highest BCUT2D eigenvalue weighted by Gasteiger charge is 2.19. The van der Waals surface area contributed by atoms with Crippen molar-refractivity contribution in [1.82, 2.24) is 10.2 Å². The fourth-order valence-electron chi connectivity index (χ4n) is 1.53. The molecular formula is C9H13N3O2. The van der Waals surface area contributed by atoms with Gasteiger partial charge in [-0.2, -0.15) is 0 Å². The topological polar surface area (TPSA) is 71.2 Å². The van der Waals surface area contributed by atoms with Crippen molar-refractivity contribution in [1.29, 1.82) is 0 Å². The molecule has 14 heavy (non-hydrogen) atoms. The molecule has 0 bridgehead atoms. The molecule has 1 aromatic heterocycles. The number of aryl methyl sites for hydroxylation is 1. The van der Waals surface area contributed by atoms with Gasteiger partial charge in [0.15, 0.2) is 0 Å². The molecule has 0 saturated heterocycles. The highest BCUT2D eigenvalue weighted by atomic mass is 16.4. The minimum Gasteiger partial charge on any atom is -0.408 e. The number of hydrogen-bond donors (Lipinski definition) is 2. The second kappa shape index (κ2) is 3.79. The third-order valence-electron chi connectivity index (χ3n) is 2.24. The Kier molecular flexibility index (Phi) is 2.49. The zero-order chi connectivity index (χ0) is 9.97. The van der Waals surface area contributed by atoms with E-state index in [2.05, 4.69) is 15.5 Å². The Hall–Kier alpha value is -1.36. The van der Waals surface area contributed by atoms with Crippen LogP contribution in [0.2, 0.25) is 0 Å². The number of nitrogens with one attached hydrogen (secondary N) is 1. The Morgan fingerprint density at radius 3 is 3.00 bits per heavy atom. The lowest BCUT2D eigenvalue weighted by Gasteiger charge is -2.09. The quantitative estimate of drug-likeness (QED) is 0.695. The highest BCUT2D eigenvalue weighted by Crippen LogP contribution is 2.20. The number of nitrogens with zero attached hydrogens (tertiary/aromatic N) is 2. The first-order valence-corrected chi connectivity index (χ1v) is 4.64. The van der Waals surface area contributed by atoms with Crippen molar-refractivity contribution in [3.05, 3.63) is 18.0 Å². The first kappa shape index (κ1) is 9.21. The molecule has 5 nitrogen and oxygen atoms in total. The van der Waals surface area contributed by atoms with E-state index in [0.717, 1.165) is 6.42 Å². The van der Waals surface area contributed by atoms with Crippen molar-refractivity contribution in [2.45, 2.75) is 19.4 Å². The predicted octanol–water partition coefficient (Wildman–Crippen LogP) is 0.727. The Morgan fingerprint density at radius 1 is 1.57 bits per heavy atom. The van der Waals surface area contributed by atoms with E-state index in [0.29, 0.717) is 11.9 Å². The van der Waals surface area contributed by atoms with Crippen molar-refractivity contribution in [3.63, 3.8) is 0 Å². The third-order valence-corrected chi connectivity index (χ3v) is 2.24. The maximum atomic E-state index is 8.92. The molecule has 1 aliphatic carbocycles. The number of aliphatic hydroxyl groups is 1. The van der Waals surface area contributed by atoms with Crippen LogP contribution in [0.15, 0.2) is 16.6 Å². The number of hydrogen-bond acceptors (Lipinski definition) is 5. The monoisotopic (exact) mass is 195 g/mol. The molecule has 0 aromatic carbocycles. The van der Waals surface area contributed by atoms with Crippen LogP contribution < -0.4 is 5.32 Å². The van der Waals surface area contributed by atoms with Crippen LogP contribution >= 0.6 is 0 Å². The van der Waals surface area contributed by atoms with E-state index in [1.54, 1.807) is 6.92 Å². The highest BCUT2D eigenvalue weighted by molar-refractivity contribution is 5.25. The molecule has 2 atom stereocenters. The van der Waals surface area contributed by atoms with Gasteiger partial charge in [0, 0.05) is 25.5 Å². The van der Waals surface area contributed by atoms with Gasteiger partial charge in [-0.25, -0.2) is 0 Å². The van der Waals surface area contributed by atoms with Gasteiger partial charge in [-0.05, 0) is 6.42 Å². The van der Waals surface area contributed by atoms with Gasteiger partial charge in [-0.15, -0.1) is 5.10 Å². The van der Waals surface area contributed by atoms with Crippen molar-refractivity contribution >= 4 is 6.01 Å². The molecule has 0 unspecified atom stereocenters. The largest absolute Gasteiger partial charge is 0.408 e. The molecule has 0 fully saturated rings. The lowest BCUT2D eigenvalue weighted by Crippen LogP contribution is -2.16. The summed E-state index contributed by atoms with van der Waals surface area (Å²) in [6.07, 6.45) is 4.89. The van der Waals surface area contributed by atoms with E-state index >= 15 is 0 Å². The fourth-order valence-corrected chi connectivity index (χ4v) is 1.53. The average Bonchev–Trinajstić information content (AvgIpc) is 2.76. The van der Waals surface area contributed by atoms with Crippen LogP contribution in [0.4, 0.5) is 6.01 Å². The van der Waals surface area contributed by atoms with E-state index < -0.39 is 0 Å². The predicted molar refractivity (Wildman–Crippen MR) is 50.8 cm³/mol. The van der Waals surface area contributed by atoms with Crippen LogP contribution in [-0.2, 0) is 0 Å². The summed E-state index contributed by atoms with van der Waals surface area (Å²) in [5.41, 5.74) is 0. The van der Waals surface area contributed by atoms with Gasteiger partial charge >= 0.3 is 6.01 Å². The van der Waals surface area contributed by atoms with Gasteiger partial charge < -0.3 is 14.8 Å². The van der Waals surface area contributed by atoms with Crippen LogP contribution in [0.25, 0.3) is 0 Å². The minimum atomic E-state index is 0.187. The second-order valence-electron chi connectivity index (χ2n) is 3.44. The Morgan fingerprint density at radius 2 is 2.43 bits per heavy atom. The molecule has 2 N–H and O–H groups in total. The molecule has 1 aliphatic rings. The van der Waals surface area contributed by atoms with Gasteiger partial charge in [0.1, 0.15) is 0 Å². The summed E-state index contributed by atoms with van der Waals surface area (Å²) in [4.78, 5) is 0. The van der Waals surface area contributed by atoms with Crippen LogP contribution in [0.1, 0.15) is 12.3 Å². The summed E-state index contributed by atoms with van der Waals surface area (Å²) in [5, 5.41) is 19.6. The lowest BCUT2D eigenvalue weighted by atomic mass is 10.1. The minimum absolute atomic E-state index is 0.187. The Balaban J connectivity index is 1.91. The molecule has 0 saturated carbocycles. The molecule has 0 aliphatic heterocycles. The lowest BCUT2D eigenvalue weighted by molar-refractivity contribution is 0.250. The first-order valence-electron chi connectivity index (χ1n) is 4.64.